The minimum absolute atomic E-state index is 0.118. The molecule has 0 radical (unpaired) electrons. The highest BCUT2D eigenvalue weighted by Gasteiger charge is 2.26. The van der Waals surface area contributed by atoms with E-state index in [0.29, 0.717) is 18.1 Å². The quantitative estimate of drug-likeness (QED) is 0.731. The third-order valence-corrected chi connectivity index (χ3v) is 3.34. The van der Waals surface area contributed by atoms with Crippen LogP contribution in [0, 0.1) is 0 Å². The van der Waals surface area contributed by atoms with E-state index < -0.39 is 6.04 Å². The van der Waals surface area contributed by atoms with Crippen LogP contribution < -0.4 is 5.73 Å². The van der Waals surface area contributed by atoms with E-state index in [0.717, 1.165) is 11.0 Å². The predicted octanol–water partition coefficient (Wildman–Crippen LogP) is 1.79. The van der Waals surface area contributed by atoms with Gasteiger partial charge in [-0.05, 0) is 36.3 Å². The van der Waals surface area contributed by atoms with Crippen molar-refractivity contribution in [3.8, 4) is 11.5 Å². The molecule has 0 bridgehead atoms. The van der Waals surface area contributed by atoms with Gasteiger partial charge in [0.1, 0.15) is 6.04 Å². The molecule has 0 aliphatic rings. The fourth-order valence-corrected chi connectivity index (χ4v) is 2.32. The van der Waals surface area contributed by atoms with Crippen molar-refractivity contribution in [1.29, 1.82) is 0 Å². The highest BCUT2D eigenvalue weighted by Crippen LogP contribution is 2.30. The van der Waals surface area contributed by atoms with Gasteiger partial charge in [-0.15, -0.1) is 0 Å². The Morgan fingerprint density at radius 3 is 2.86 bits per heavy atom. The number of fused-ring (bicyclic) bond motifs is 1. The SMILES string of the molecule is CCOC(=O)C(C)n1c(-c2nonc2N)nc2ccccc21. The van der Waals surface area contributed by atoms with E-state index in [9.17, 15) is 4.79 Å². The summed E-state index contributed by atoms with van der Waals surface area (Å²) in [6, 6.07) is 6.86. The highest BCUT2D eigenvalue weighted by molar-refractivity contribution is 5.85. The van der Waals surface area contributed by atoms with E-state index in [4.69, 9.17) is 10.5 Å². The number of hydrogen-bond donors (Lipinski definition) is 1. The van der Waals surface area contributed by atoms with Crippen molar-refractivity contribution < 1.29 is 14.2 Å². The summed E-state index contributed by atoms with van der Waals surface area (Å²) in [5, 5.41) is 7.35. The summed E-state index contributed by atoms with van der Waals surface area (Å²) < 4.78 is 11.5. The van der Waals surface area contributed by atoms with Gasteiger partial charge in [0.15, 0.2) is 17.3 Å². The molecule has 0 saturated heterocycles. The monoisotopic (exact) mass is 301 g/mol. The smallest absolute Gasteiger partial charge is 0.328 e. The molecule has 8 heteroatoms. The van der Waals surface area contributed by atoms with Gasteiger partial charge in [0.05, 0.1) is 17.6 Å². The number of nitrogens with zero attached hydrogens (tertiary/aromatic N) is 4. The van der Waals surface area contributed by atoms with Gasteiger partial charge in [0, 0.05) is 0 Å². The number of carbonyl (C=O) groups is 1. The van der Waals surface area contributed by atoms with Crippen LogP contribution in [-0.2, 0) is 9.53 Å². The number of hydrogen-bond acceptors (Lipinski definition) is 7. The maximum atomic E-state index is 12.1. The molecule has 0 amide bonds. The Hall–Kier alpha value is -2.90. The maximum Gasteiger partial charge on any atom is 0.328 e. The zero-order valence-corrected chi connectivity index (χ0v) is 12.2. The number of anilines is 1. The average Bonchev–Trinajstić information content (AvgIpc) is 3.09. The Bertz CT molecular complexity index is 823. The van der Waals surface area contributed by atoms with E-state index in [1.165, 1.54) is 0 Å². The number of esters is 1. The zero-order valence-electron chi connectivity index (χ0n) is 12.2. The first kappa shape index (κ1) is 14.1. The number of aromatic nitrogens is 4. The number of nitrogens with two attached hydrogens (primary N) is 1. The molecule has 2 N–H and O–H groups in total. The van der Waals surface area contributed by atoms with Crippen LogP contribution >= 0.6 is 0 Å². The van der Waals surface area contributed by atoms with E-state index >= 15 is 0 Å². The van der Waals surface area contributed by atoms with E-state index in [1.807, 2.05) is 24.3 Å². The molecule has 2 heterocycles. The molecule has 1 aromatic carbocycles. The van der Waals surface area contributed by atoms with Crippen LogP contribution in [0.1, 0.15) is 19.9 Å². The molecule has 3 aromatic rings. The Labute approximate surface area is 125 Å². The minimum atomic E-state index is -0.585. The standard InChI is InChI=1S/C14H15N5O3/c1-3-21-14(20)8(2)19-10-7-5-4-6-9(10)16-13(19)11-12(15)18-22-17-11/h4-8H,3H2,1-2H3,(H2,15,18). The van der Waals surface area contributed by atoms with Gasteiger partial charge in [0.2, 0.25) is 0 Å². The summed E-state index contributed by atoms with van der Waals surface area (Å²) in [7, 11) is 0. The van der Waals surface area contributed by atoms with Gasteiger partial charge in [0.25, 0.3) is 0 Å². The van der Waals surface area contributed by atoms with Crippen molar-refractivity contribution >= 4 is 22.8 Å². The summed E-state index contributed by atoms with van der Waals surface area (Å²) in [4.78, 5) is 16.6. The van der Waals surface area contributed by atoms with Crippen LogP contribution in [0.15, 0.2) is 28.9 Å². The zero-order chi connectivity index (χ0) is 15.7. The van der Waals surface area contributed by atoms with Gasteiger partial charge >= 0.3 is 5.97 Å². The van der Waals surface area contributed by atoms with Crippen molar-refractivity contribution in [3.63, 3.8) is 0 Å². The van der Waals surface area contributed by atoms with Crippen molar-refractivity contribution in [3.05, 3.63) is 24.3 Å². The van der Waals surface area contributed by atoms with Crippen molar-refractivity contribution in [1.82, 2.24) is 19.9 Å². The van der Waals surface area contributed by atoms with Crippen LogP contribution in [-0.4, -0.2) is 32.4 Å². The largest absolute Gasteiger partial charge is 0.464 e. The van der Waals surface area contributed by atoms with Crippen LogP contribution in [0.2, 0.25) is 0 Å². The van der Waals surface area contributed by atoms with Crippen molar-refractivity contribution in [2.75, 3.05) is 12.3 Å². The fourth-order valence-electron chi connectivity index (χ4n) is 2.32. The topological polar surface area (TPSA) is 109 Å². The summed E-state index contributed by atoms with van der Waals surface area (Å²) in [6.07, 6.45) is 0. The molecule has 1 atom stereocenters. The Kier molecular flexibility index (Phi) is 3.50. The first-order valence-electron chi connectivity index (χ1n) is 6.85. The first-order valence-corrected chi connectivity index (χ1v) is 6.85. The number of benzene rings is 1. The second-order valence-corrected chi connectivity index (χ2v) is 4.72. The molecule has 2 aromatic heterocycles. The second-order valence-electron chi connectivity index (χ2n) is 4.72. The molecule has 0 fully saturated rings. The molecular weight excluding hydrogens is 286 g/mol. The molecule has 3 rings (SSSR count). The van der Waals surface area contributed by atoms with Crippen LogP contribution in [0.5, 0.6) is 0 Å². The summed E-state index contributed by atoms with van der Waals surface area (Å²) >= 11 is 0. The Morgan fingerprint density at radius 2 is 2.18 bits per heavy atom. The van der Waals surface area contributed by atoms with Crippen LogP contribution in [0.4, 0.5) is 5.82 Å². The lowest BCUT2D eigenvalue weighted by molar-refractivity contribution is -0.146. The molecule has 0 aliphatic carbocycles. The van der Waals surface area contributed by atoms with Crippen molar-refractivity contribution in [2.24, 2.45) is 0 Å². The van der Waals surface area contributed by atoms with Gasteiger partial charge in [-0.25, -0.2) is 14.4 Å². The Balaban J connectivity index is 2.22. The van der Waals surface area contributed by atoms with E-state index in [1.54, 1.807) is 18.4 Å². The fraction of sp³-hybridized carbons (Fsp3) is 0.286. The van der Waals surface area contributed by atoms with Gasteiger partial charge in [-0.3, -0.25) is 0 Å². The van der Waals surface area contributed by atoms with Gasteiger partial charge < -0.3 is 15.0 Å². The third kappa shape index (κ3) is 2.18. The molecule has 8 nitrogen and oxygen atoms in total. The molecule has 1 unspecified atom stereocenters. The predicted molar refractivity (Wildman–Crippen MR) is 78.8 cm³/mol. The lowest BCUT2D eigenvalue weighted by Gasteiger charge is -2.15. The molecular formula is C14H15N5O3. The van der Waals surface area contributed by atoms with Crippen LogP contribution in [0.3, 0.4) is 0 Å². The number of ether oxygens (including phenoxy) is 1. The summed E-state index contributed by atoms with van der Waals surface area (Å²) in [6.45, 7) is 3.80. The lowest BCUT2D eigenvalue weighted by atomic mass is 10.2. The van der Waals surface area contributed by atoms with Crippen molar-refractivity contribution in [2.45, 2.75) is 19.9 Å². The van der Waals surface area contributed by atoms with Crippen LogP contribution in [0.25, 0.3) is 22.6 Å². The number of nitrogen functional groups attached to an aromatic ring is 1. The first-order chi connectivity index (χ1) is 10.6. The molecule has 22 heavy (non-hydrogen) atoms. The molecule has 0 aliphatic heterocycles. The normalized spacial score (nSPS) is 12.5. The second kappa shape index (κ2) is 5.47. The third-order valence-electron chi connectivity index (χ3n) is 3.34. The Morgan fingerprint density at radius 1 is 1.41 bits per heavy atom. The maximum absolute atomic E-state index is 12.1. The average molecular weight is 301 g/mol. The lowest BCUT2D eigenvalue weighted by Crippen LogP contribution is -2.20. The van der Waals surface area contributed by atoms with Gasteiger partial charge in [-0.2, -0.15) is 0 Å². The summed E-state index contributed by atoms with van der Waals surface area (Å²) in [5.74, 6) is 0.176. The molecule has 0 saturated carbocycles. The van der Waals surface area contributed by atoms with E-state index in [2.05, 4.69) is 19.9 Å². The number of rotatable bonds is 4. The highest BCUT2D eigenvalue weighted by atomic mass is 16.6. The number of carbonyl (C=O) groups excluding carboxylic acids is 1. The minimum Gasteiger partial charge on any atom is -0.464 e. The number of imidazole rings is 1. The number of para-hydroxylation sites is 2. The van der Waals surface area contributed by atoms with E-state index in [-0.39, 0.29) is 11.8 Å². The molecule has 114 valence electrons. The summed E-state index contributed by atoms with van der Waals surface area (Å²) in [5.41, 5.74) is 7.56. The van der Waals surface area contributed by atoms with Gasteiger partial charge in [-0.1, -0.05) is 12.1 Å². The molecule has 0 spiro atoms.